The lowest BCUT2D eigenvalue weighted by molar-refractivity contribution is -0.115. The quantitative estimate of drug-likeness (QED) is 0.648. The minimum absolute atomic E-state index is 0.210. The summed E-state index contributed by atoms with van der Waals surface area (Å²) in [7, 11) is 0. The maximum Gasteiger partial charge on any atom is 0.250 e. The number of amides is 1. The highest BCUT2D eigenvalue weighted by molar-refractivity contribution is 7.80. The molecule has 2 N–H and O–H groups in total. The molecule has 0 saturated heterocycles. The highest BCUT2D eigenvalue weighted by atomic mass is 32.1. The Balaban J connectivity index is 1.62. The zero-order valence-corrected chi connectivity index (χ0v) is 14.5. The second-order valence-electron chi connectivity index (χ2n) is 4.97. The molecule has 23 heavy (non-hydrogen) atoms. The van der Waals surface area contributed by atoms with E-state index in [0.717, 1.165) is 34.7 Å². The van der Waals surface area contributed by atoms with Crippen LogP contribution in [0.3, 0.4) is 0 Å². The van der Waals surface area contributed by atoms with Gasteiger partial charge in [-0.3, -0.25) is 10.1 Å². The molecule has 0 spiro atoms. The van der Waals surface area contributed by atoms with E-state index in [4.69, 9.17) is 12.2 Å². The van der Waals surface area contributed by atoms with Crippen molar-refractivity contribution in [2.45, 2.75) is 19.3 Å². The van der Waals surface area contributed by atoms with Gasteiger partial charge < -0.3 is 5.32 Å². The Labute approximate surface area is 147 Å². The van der Waals surface area contributed by atoms with Crippen molar-refractivity contribution in [2.75, 3.05) is 5.32 Å². The third-order valence-electron chi connectivity index (χ3n) is 3.44. The maximum absolute atomic E-state index is 11.9. The van der Waals surface area contributed by atoms with E-state index in [2.05, 4.69) is 16.7 Å². The molecule has 1 aliphatic carbocycles. The largest absolute Gasteiger partial charge is 0.323 e. The Morgan fingerprint density at radius 3 is 3.04 bits per heavy atom. The van der Waals surface area contributed by atoms with Crippen molar-refractivity contribution in [1.29, 1.82) is 5.26 Å². The maximum atomic E-state index is 11.9. The molecule has 1 aliphatic rings. The van der Waals surface area contributed by atoms with Crippen molar-refractivity contribution in [1.82, 2.24) is 5.32 Å². The van der Waals surface area contributed by atoms with E-state index in [0.29, 0.717) is 5.56 Å². The van der Waals surface area contributed by atoms with Crippen LogP contribution in [0.1, 0.15) is 27.3 Å². The molecule has 0 atom stereocenters. The summed E-state index contributed by atoms with van der Waals surface area (Å²) in [5.41, 5.74) is 1.79. The van der Waals surface area contributed by atoms with E-state index in [1.807, 2.05) is 17.5 Å². The number of nitrogens with zero attached hydrogens (tertiary/aromatic N) is 1. The zero-order valence-electron chi connectivity index (χ0n) is 12.1. The molecule has 1 amide bonds. The Kier molecular flexibility index (Phi) is 4.86. The summed E-state index contributed by atoms with van der Waals surface area (Å²) in [5.74, 6) is -0.293. The number of hydrogen-bond acceptors (Lipinski definition) is 5. The Hall–Kier alpha value is -2.01. The number of thiophene rings is 2. The van der Waals surface area contributed by atoms with Crippen LogP contribution < -0.4 is 10.6 Å². The Bertz CT molecular complexity index is 812. The average molecular weight is 360 g/mol. The smallest absolute Gasteiger partial charge is 0.250 e. The van der Waals surface area contributed by atoms with Gasteiger partial charge in [0.15, 0.2) is 5.11 Å². The average Bonchev–Trinajstić information content (AvgIpc) is 3.21. The number of rotatable bonds is 3. The highest BCUT2D eigenvalue weighted by Crippen LogP contribution is 2.38. The summed E-state index contributed by atoms with van der Waals surface area (Å²) in [6.07, 6.45) is 6.24. The van der Waals surface area contributed by atoms with Gasteiger partial charge in [-0.15, -0.1) is 22.7 Å². The minimum atomic E-state index is -0.293. The van der Waals surface area contributed by atoms with E-state index < -0.39 is 0 Å². The summed E-state index contributed by atoms with van der Waals surface area (Å²) in [5, 5.41) is 17.8. The molecule has 2 heterocycles. The SMILES string of the molecule is N#Cc1c(NC(=S)NC(=O)/C=C/c2cccs2)sc2c1CCC2. The number of carbonyl (C=O) groups is 1. The lowest BCUT2D eigenvalue weighted by Crippen LogP contribution is -2.32. The summed E-state index contributed by atoms with van der Waals surface area (Å²) >= 11 is 8.27. The first-order chi connectivity index (χ1) is 11.2. The minimum Gasteiger partial charge on any atom is -0.323 e. The van der Waals surface area contributed by atoms with Gasteiger partial charge in [0, 0.05) is 15.8 Å². The second-order valence-corrected chi connectivity index (χ2v) is 7.46. The molecule has 0 fully saturated rings. The first-order valence-electron chi connectivity index (χ1n) is 7.05. The lowest BCUT2D eigenvalue weighted by atomic mass is 10.1. The van der Waals surface area contributed by atoms with E-state index in [9.17, 15) is 10.1 Å². The standard InChI is InChI=1S/C16H13N3OS3/c17-9-12-11-4-1-5-13(11)23-15(12)19-16(21)18-14(20)7-6-10-3-2-8-22-10/h2-3,6-8H,1,4-5H2,(H2,18,19,20,21)/b7-6+. The number of nitriles is 1. The van der Waals surface area contributed by atoms with Crippen molar-refractivity contribution < 1.29 is 4.79 Å². The van der Waals surface area contributed by atoms with E-state index in [1.54, 1.807) is 28.7 Å². The van der Waals surface area contributed by atoms with Crippen molar-refractivity contribution in [3.8, 4) is 6.07 Å². The fraction of sp³-hybridized carbons (Fsp3) is 0.188. The first kappa shape index (κ1) is 15.9. The van der Waals surface area contributed by atoms with Crippen LogP contribution >= 0.6 is 34.9 Å². The first-order valence-corrected chi connectivity index (χ1v) is 9.16. The predicted molar refractivity (Wildman–Crippen MR) is 98.8 cm³/mol. The normalized spacial score (nSPS) is 12.8. The topological polar surface area (TPSA) is 64.9 Å². The molecule has 4 nitrogen and oxygen atoms in total. The lowest BCUT2D eigenvalue weighted by Gasteiger charge is -2.06. The molecule has 2 aromatic rings. The van der Waals surface area contributed by atoms with Crippen LogP contribution in [0.25, 0.3) is 6.08 Å². The van der Waals surface area contributed by atoms with Crippen LogP contribution in [0.5, 0.6) is 0 Å². The number of nitrogens with one attached hydrogen (secondary N) is 2. The van der Waals surface area contributed by atoms with Crippen molar-refractivity contribution in [3.05, 3.63) is 44.5 Å². The molecular formula is C16H13N3OS3. The molecule has 116 valence electrons. The van der Waals surface area contributed by atoms with Crippen LogP contribution in [-0.4, -0.2) is 11.0 Å². The molecule has 0 saturated carbocycles. The van der Waals surface area contributed by atoms with Crippen molar-refractivity contribution in [2.24, 2.45) is 0 Å². The Morgan fingerprint density at radius 2 is 2.30 bits per heavy atom. The number of fused-ring (bicyclic) bond motifs is 1. The third kappa shape index (κ3) is 3.67. The predicted octanol–water partition coefficient (Wildman–Crippen LogP) is 3.70. The number of thiocarbonyl (C=S) groups is 1. The van der Waals surface area contributed by atoms with Gasteiger partial charge in [-0.05, 0) is 54.6 Å². The molecule has 2 aromatic heterocycles. The number of hydrogen-bond donors (Lipinski definition) is 2. The van der Waals surface area contributed by atoms with Crippen molar-refractivity contribution >= 4 is 57.0 Å². The molecule has 0 aliphatic heterocycles. The van der Waals surface area contributed by atoms with Gasteiger partial charge in [-0.1, -0.05) is 6.07 Å². The summed E-state index contributed by atoms with van der Waals surface area (Å²) < 4.78 is 0. The fourth-order valence-corrected chi connectivity index (χ4v) is 4.57. The molecular weight excluding hydrogens is 346 g/mol. The number of carbonyl (C=O) groups excluding carboxylic acids is 1. The van der Waals surface area contributed by atoms with E-state index in [1.165, 1.54) is 11.0 Å². The third-order valence-corrected chi connectivity index (χ3v) is 5.69. The fourth-order valence-electron chi connectivity index (χ4n) is 2.44. The van der Waals surface area contributed by atoms with Crippen LogP contribution in [0, 0.1) is 11.3 Å². The number of anilines is 1. The van der Waals surface area contributed by atoms with E-state index >= 15 is 0 Å². The molecule has 0 aromatic carbocycles. The molecule has 0 radical (unpaired) electrons. The molecule has 0 bridgehead atoms. The highest BCUT2D eigenvalue weighted by Gasteiger charge is 2.22. The molecule has 3 rings (SSSR count). The van der Waals surface area contributed by atoms with Gasteiger partial charge in [0.05, 0.1) is 5.56 Å². The van der Waals surface area contributed by atoms with Gasteiger partial charge in [0.25, 0.3) is 0 Å². The van der Waals surface area contributed by atoms with Crippen molar-refractivity contribution in [3.63, 3.8) is 0 Å². The van der Waals surface area contributed by atoms with Gasteiger partial charge >= 0.3 is 0 Å². The monoisotopic (exact) mass is 359 g/mol. The van der Waals surface area contributed by atoms with Crippen LogP contribution in [-0.2, 0) is 17.6 Å². The zero-order chi connectivity index (χ0) is 16.2. The Morgan fingerprint density at radius 1 is 1.43 bits per heavy atom. The van der Waals surface area contributed by atoms with E-state index in [-0.39, 0.29) is 11.0 Å². The summed E-state index contributed by atoms with van der Waals surface area (Å²) in [6.45, 7) is 0. The van der Waals surface area contributed by atoms with Gasteiger partial charge in [-0.2, -0.15) is 5.26 Å². The molecule has 7 heteroatoms. The van der Waals surface area contributed by atoms with Gasteiger partial charge in [0.1, 0.15) is 11.1 Å². The van der Waals surface area contributed by atoms with Gasteiger partial charge in [-0.25, -0.2) is 0 Å². The summed E-state index contributed by atoms with van der Waals surface area (Å²) in [6, 6.07) is 6.09. The van der Waals surface area contributed by atoms with Crippen LogP contribution in [0.2, 0.25) is 0 Å². The summed E-state index contributed by atoms with van der Waals surface area (Å²) in [4.78, 5) is 14.1. The van der Waals surface area contributed by atoms with Gasteiger partial charge in [0.2, 0.25) is 5.91 Å². The second kappa shape index (κ2) is 7.04. The van der Waals surface area contributed by atoms with Crippen LogP contribution in [0.4, 0.5) is 5.00 Å². The molecule has 0 unspecified atom stereocenters. The number of aryl methyl sites for hydroxylation is 1. The van der Waals surface area contributed by atoms with Crippen LogP contribution in [0.15, 0.2) is 23.6 Å².